The molecule has 8 nitrogen and oxygen atoms in total. The summed E-state index contributed by atoms with van der Waals surface area (Å²) in [5.41, 5.74) is -0.642. The highest BCUT2D eigenvalue weighted by atomic mass is 19.4. The predicted octanol–water partition coefficient (Wildman–Crippen LogP) is 4.81. The van der Waals surface area contributed by atoms with Crippen molar-refractivity contribution >= 4 is 28.2 Å². The molecule has 3 aromatic rings. The minimum atomic E-state index is -4.67. The van der Waals surface area contributed by atoms with Gasteiger partial charge in [-0.05, 0) is 46.7 Å². The number of benzene rings is 3. The second-order valence-electron chi connectivity index (χ2n) is 8.14. The quantitative estimate of drug-likeness (QED) is 0.412. The second kappa shape index (κ2) is 9.69. The lowest BCUT2D eigenvalue weighted by Gasteiger charge is -2.35. The molecule has 0 spiro atoms. The van der Waals surface area contributed by atoms with Gasteiger partial charge in [-0.1, -0.05) is 18.2 Å². The Hall–Kier alpha value is -4.02. The van der Waals surface area contributed by atoms with E-state index in [1.54, 1.807) is 16.9 Å². The van der Waals surface area contributed by atoms with E-state index < -0.39 is 22.4 Å². The lowest BCUT2D eigenvalue weighted by atomic mass is 10.1. The predicted molar refractivity (Wildman–Crippen MR) is 125 cm³/mol. The number of piperazine rings is 1. The third-order valence-corrected chi connectivity index (χ3v) is 5.96. The lowest BCUT2D eigenvalue weighted by molar-refractivity contribution is -0.384. The van der Waals surface area contributed by atoms with E-state index in [-0.39, 0.29) is 37.9 Å². The van der Waals surface area contributed by atoms with Crippen molar-refractivity contribution in [3.05, 3.63) is 75.8 Å². The molecular weight excluding hydrogens is 465 g/mol. The maximum absolute atomic E-state index is 13.0. The zero-order valence-corrected chi connectivity index (χ0v) is 18.8. The van der Waals surface area contributed by atoms with E-state index in [9.17, 15) is 28.1 Å². The van der Waals surface area contributed by atoms with E-state index in [1.165, 1.54) is 0 Å². The van der Waals surface area contributed by atoms with Crippen LogP contribution in [0.5, 0.6) is 5.75 Å². The summed E-state index contributed by atoms with van der Waals surface area (Å²) in [7, 11) is 1.61. The van der Waals surface area contributed by atoms with Crippen LogP contribution in [0, 0.1) is 10.1 Å². The number of nitro benzene ring substituents is 1. The van der Waals surface area contributed by atoms with Gasteiger partial charge in [0.25, 0.3) is 5.69 Å². The molecular formula is C24H23F3N4O4. The van der Waals surface area contributed by atoms with Crippen LogP contribution in [0.4, 0.5) is 29.3 Å². The fourth-order valence-corrected chi connectivity index (χ4v) is 4.06. The van der Waals surface area contributed by atoms with Crippen molar-refractivity contribution in [2.24, 2.45) is 0 Å². The Morgan fingerprint density at radius 3 is 2.37 bits per heavy atom. The summed E-state index contributed by atoms with van der Waals surface area (Å²) in [6, 6.07) is 13.8. The Labute approximate surface area is 199 Å². The number of carbonyl (C=O) groups is 1. The summed E-state index contributed by atoms with van der Waals surface area (Å²) in [6.07, 6.45) is -4.67. The van der Waals surface area contributed by atoms with Gasteiger partial charge in [0.05, 0.1) is 17.6 Å². The summed E-state index contributed by atoms with van der Waals surface area (Å²) in [5.74, 6) is 0.763. The van der Waals surface area contributed by atoms with E-state index in [0.717, 1.165) is 34.2 Å². The van der Waals surface area contributed by atoms with E-state index in [2.05, 4.69) is 5.32 Å². The molecule has 0 bridgehead atoms. The van der Waals surface area contributed by atoms with Crippen LogP contribution in [0.1, 0.15) is 11.1 Å². The molecule has 4 rings (SSSR count). The number of hydrogen-bond acceptors (Lipinski definition) is 5. The summed E-state index contributed by atoms with van der Waals surface area (Å²) < 4.78 is 44.1. The first kappa shape index (κ1) is 24.1. The van der Waals surface area contributed by atoms with Crippen LogP contribution in [0.2, 0.25) is 0 Å². The second-order valence-corrected chi connectivity index (χ2v) is 8.14. The molecule has 1 N–H and O–H groups in total. The highest BCUT2D eigenvalue weighted by molar-refractivity contribution is 5.84. The van der Waals surface area contributed by atoms with E-state index >= 15 is 0 Å². The first-order chi connectivity index (χ1) is 16.7. The molecule has 0 saturated carbocycles. The number of methoxy groups -OCH3 is 1. The minimum Gasteiger partial charge on any atom is -0.497 e. The molecule has 1 aliphatic rings. The van der Waals surface area contributed by atoms with Crippen molar-refractivity contribution < 1.29 is 27.6 Å². The maximum atomic E-state index is 13.0. The molecule has 11 heteroatoms. The first-order valence-corrected chi connectivity index (χ1v) is 10.9. The van der Waals surface area contributed by atoms with Crippen molar-refractivity contribution in [3.8, 4) is 5.75 Å². The average Bonchev–Trinajstić information content (AvgIpc) is 2.86. The average molecular weight is 488 g/mol. The van der Waals surface area contributed by atoms with Gasteiger partial charge in [-0.3, -0.25) is 10.1 Å². The van der Waals surface area contributed by atoms with Crippen molar-refractivity contribution in [1.82, 2.24) is 10.2 Å². The van der Waals surface area contributed by atoms with Crippen molar-refractivity contribution in [1.29, 1.82) is 0 Å². The van der Waals surface area contributed by atoms with Gasteiger partial charge in [-0.2, -0.15) is 13.2 Å². The molecule has 1 fully saturated rings. The molecule has 1 saturated heterocycles. The molecule has 184 valence electrons. The largest absolute Gasteiger partial charge is 0.497 e. The van der Waals surface area contributed by atoms with Crippen LogP contribution in [-0.4, -0.2) is 49.1 Å². The van der Waals surface area contributed by atoms with Gasteiger partial charge in [0.1, 0.15) is 11.4 Å². The van der Waals surface area contributed by atoms with Crippen molar-refractivity contribution in [3.63, 3.8) is 0 Å². The zero-order valence-electron chi connectivity index (χ0n) is 18.8. The van der Waals surface area contributed by atoms with E-state index in [0.29, 0.717) is 12.6 Å². The van der Waals surface area contributed by atoms with Gasteiger partial charge in [0.15, 0.2) is 0 Å². The molecule has 0 atom stereocenters. The SMILES string of the molecule is COc1ccc2cc(CNC(=O)N3CCN(c4ccc(C(F)(F)F)cc4[N+](=O)[O-])CC3)ccc2c1. The topological polar surface area (TPSA) is 88.0 Å². The molecule has 2 amide bonds. The smallest absolute Gasteiger partial charge is 0.416 e. The Kier molecular flexibility index (Phi) is 6.68. The number of amides is 2. The number of halogens is 3. The normalized spacial score (nSPS) is 14.2. The highest BCUT2D eigenvalue weighted by Crippen LogP contribution is 2.36. The fraction of sp³-hybridized carbons (Fsp3) is 0.292. The maximum Gasteiger partial charge on any atom is 0.416 e. The summed E-state index contributed by atoms with van der Waals surface area (Å²) in [6.45, 7) is 1.41. The number of rotatable bonds is 5. The summed E-state index contributed by atoms with van der Waals surface area (Å²) in [5, 5.41) is 16.3. The monoisotopic (exact) mass is 488 g/mol. The van der Waals surface area contributed by atoms with Crippen LogP contribution in [0.15, 0.2) is 54.6 Å². The number of nitrogens with one attached hydrogen (secondary N) is 1. The Balaban J connectivity index is 1.36. The first-order valence-electron chi connectivity index (χ1n) is 10.9. The number of fused-ring (bicyclic) bond motifs is 1. The van der Waals surface area contributed by atoms with Gasteiger partial charge < -0.3 is 19.9 Å². The highest BCUT2D eigenvalue weighted by Gasteiger charge is 2.34. The van der Waals surface area contributed by atoms with Crippen LogP contribution in [-0.2, 0) is 12.7 Å². The third kappa shape index (κ3) is 5.39. The van der Waals surface area contributed by atoms with Gasteiger partial charge in [-0.25, -0.2) is 4.79 Å². The third-order valence-electron chi connectivity index (χ3n) is 5.96. The number of carbonyl (C=O) groups excluding carboxylic acids is 1. The number of alkyl halides is 3. The van der Waals surface area contributed by atoms with Crippen LogP contribution < -0.4 is 15.0 Å². The standard InChI is InChI=1S/C24H23F3N4O4/c1-35-20-6-4-17-12-16(2-3-18(17)13-20)15-28-23(32)30-10-8-29(9-11-30)21-7-5-19(24(25,26)27)14-22(21)31(33)34/h2-7,12-14H,8-11,15H2,1H3,(H,28,32). The van der Waals surface area contributed by atoms with Crippen molar-refractivity contribution in [2.45, 2.75) is 12.7 Å². The van der Waals surface area contributed by atoms with Crippen LogP contribution in [0.3, 0.4) is 0 Å². The van der Waals surface area contributed by atoms with Crippen LogP contribution in [0.25, 0.3) is 10.8 Å². The molecule has 1 aliphatic heterocycles. The molecule has 0 aliphatic carbocycles. The van der Waals surface area contributed by atoms with Gasteiger partial charge >= 0.3 is 12.2 Å². The number of urea groups is 1. The Morgan fingerprint density at radius 2 is 1.71 bits per heavy atom. The van der Waals surface area contributed by atoms with Gasteiger partial charge in [0.2, 0.25) is 0 Å². The lowest BCUT2D eigenvalue weighted by Crippen LogP contribution is -2.51. The van der Waals surface area contributed by atoms with Gasteiger partial charge in [0, 0.05) is 38.8 Å². The Bertz CT molecular complexity index is 1260. The number of ether oxygens (including phenoxy) is 1. The number of nitro groups is 1. The molecule has 1 heterocycles. The van der Waals surface area contributed by atoms with Crippen molar-refractivity contribution in [2.75, 3.05) is 38.2 Å². The summed E-state index contributed by atoms with van der Waals surface area (Å²) in [4.78, 5) is 26.4. The minimum absolute atomic E-state index is 0.107. The molecule has 0 unspecified atom stereocenters. The number of nitrogens with zero attached hydrogens (tertiary/aromatic N) is 3. The van der Waals surface area contributed by atoms with E-state index in [4.69, 9.17) is 4.74 Å². The van der Waals surface area contributed by atoms with Gasteiger partial charge in [-0.15, -0.1) is 0 Å². The molecule has 3 aromatic carbocycles. The zero-order chi connectivity index (χ0) is 25.2. The number of anilines is 1. The fourth-order valence-electron chi connectivity index (χ4n) is 4.06. The van der Waals surface area contributed by atoms with E-state index in [1.807, 2.05) is 36.4 Å². The molecule has 0 radical (unpaired) electrons. The van der Waals surface area contributed by atoms with Crippen LogP contribution >= 0.6 is 0 Å². The Morgan fingerprint density at radius 1 is 1.03 bits per heavy atom. The number of hydrogen-bond donors (Lipinski definition) is 1. The summed E-state index contributed by atoms with van der Waals surface area (Å²) >= 11 is 0. The molecule has 0 aromatic heterocycles. The molecule has 35 heavy (non-hydrogen) atoms.